The van der Waals surface area contributed by atoms with Crippen LogP contribution in [0.15, 0.2) is 48.1 Å². The van der Waals surface area contributed by atoms with E-state index in [1.807, 2.05) is 12.1 Å². The number of aryl methyl sites for hydroxylation is 2. The Kier molecular flexibility index (Phi) is 4.71. The predicted molar refractivity (Wildman–Crippen MR) is 119 cm³/mol. The molecule has 0 unspecified atom stereocenters. The quantitative estimate of drug-likeness (QED) is 0.374. The van der Waals surface area contributed by atoms with Crippen molar-refractivity contribution in [3.63, 3.8) is 0 Å². The highest BCUT2D eigenvalue weighted by atomic mass is 35.5. The van der Waals surface area contributed by atoms with Crippen molar-refractivity contribution in [3.05, 3.63) is 69.3 Å². The van der Waals surface area contributed by atoms with Crippen LogP contribution in [-0.4, -0.2) is 9.97 Å². The number of fused-ring (bicyclic) bond motifs is 2. The molecule has 6 heteroatoms. The molecule has 1 aliphatic carbocycles. The zero-order chi connectivity index (χ0) is 19.1. The van der Waals surface area contributed by atoms with E-state index < -0.39 is 0 Å². The van der Waals surface area contributed by atoms with Gasteiger partial charge in [0.25, 0.3) is 0 Å². The van der Waals surface area contributed by atoms with E-state index in [-0.39, 0.29) is 0 Å². The van der Waals surface area contributed by atoms with Crippen molar-refractivity contribution in [2.24, 2.45) is 0 Å². The van der Waals surface area contributed by atoms with Gasteiger partial charge in [-0.15, -0.1) is 11.3 Å². The molecule has 2 heterocycles. The summed E-state index contributed by atoms with van der Waals surface area (Å²) in [5, 5.41) is 7.64. The number of thiophene rings is 1. The lowest BCUT2D eigenvalue weighted by Crippen LogP contribution is -2.02. The summed E-state index contributed by atoms with van der Waals surface area (Å²) >= 11 is 13.8. The topological polar surface area (TPSA) is 37.8 Å². The lowest BCUT2D eigenvalue weighted by molar-refractivity contribution is 0.686. The van der Waals surface area contributed by atoms with E-state index in [0.29, 0.717) is 10.0 Å². The van der Waals surface area contributed by atoms with Gasteiger partial charge in [0, 0.05) is 16.6 Å². The normalized spacial score (nSPS) is 13.5. The molecule has 0 saturated heterocycles. The first kappa shape index (κ1) is 17.9. The summed E-state index contributed by atoms with van der Waals surface area (Å²) in [6.07, 6.45) is 6.51. The summed E-state index contributed by atoms with van der Waals surface area (Å²) in [7, 11) is 0. The molecule has 0 radical (unpaired) electrons. The minimum Gasteiger partial charge on any atom is -0.340 e. The van der Waals surface area contributed by atoms with Crippen LogP contribution in [-0.2, 0) is 12.8 Å². The minimum absolute atomic E-state index is 0.511. The number of aromatic nitrogens is 2. The lowest BCUT2D eigenvalue weighted by Gasteiger charge is -2.16. The first-order chi connectivity index (χ1) is 13.7. The molecular weight excluding hydrogens is 409 g/mol. The number of anilines is 2. The van der Waals surface area contributed by atoms with Gasteiger partial charge in [0.05, 0.1) is 15.4 Å². The van der Waals surface area contributed by atoms with Crippen LogP contribution in [0.5, 0.6) is 0 Å². The van der Waals surface area contributed by atoms with E-state index in [1.165, 1.54) is 36.0 Å². The van der Waals surface area contributed by atoms with Crippen LogP contribution in [0.2, 0.25) is 10.0 Å². The van der Waals surface area contributed by atoms with E-state index >= 15 is 0 Å². The molecule has 0 aliphatic heterocycles. The van der Waals surface area contributed by atoms with Crippen LogP contribution in [0.4, 0.5) is 11.5 Å². The molecular formula is C22H17Cl2N3S. The molecule has 2 aromatic heterocycles. The van der Waals surface area contributed by atoms with E-state index in [9.17, 15) is 0 Å². The summed E-state index contributed by atoms with van der Waals surface area (Å²) in [6.45, 7) is 0. The smallest absolute Gasteiger partial charge is 0.143 e. The van der Waals surface area contributed by atoms with E-state index in [2.05, 4.69) is 38.9 Å². The summed E-state index contributed by atoms with van der Waals surface area (Å²) < 4.78 is 0. The van der Waals surface area contributed by atoms with Crippen molar-refractivity contribution in [1.82, 2.24) is 9.97 Å². The Bertz CT molecular complexity index is 1190. The van der Waals surface area contributed by atoms with E-state index in [1.54, 1.807) is 23.7 Å². The SMILES string of the molecule is Clc1ccc(Nc2ncnc3scc(-c4ccc5c(c4)CCCC5)c23)cc1Cl. The molecule has 1 N–H and O–H groups in total. The van der Waals surface area contributed by atoms with Gasteiger partial charge in [0.1, 0.15) is 17.0 Å². The molecule has 3 nitrogen and oxygen atoms in total. The Morgan fingerprint density at radius 1 is 0.893 bits per heavy atom. The molecule has 5 rings (SSSR count). The van der Waals surface area contributed by atoms with Crippen molar-refractivity contribution < 1.29 is 0 Å². The highest BCUT2D eigenvalue weighted by molar-refractivity contribution is 7.17. The molecule has 4 aromatic rings. The van der Waals surface area contributed by atoms with Gasteiger partial charge in [-0.05, 0) is 60.6 Å². The Morgan fingerprint density at radius 2 is 1.75 bits per heavy atom. The number of nitrogens with one attached hydrogen (secondary N) is 1. The molecule has 0 amide bonds. The summed E-state index contributed by atoms with van der Waals surface area (Å²) in [5.41, 5.74) is 6.19. The zero-order valence-electron chi connectivity index (χ0n) is 15.0. The van der Waals surface area contributed by atoms with Crippen LogP contribution < -0.4 is 5.32 Å². The predicted octanol–water partition coefficient (Wildman–Crippen LogP) is 7.29. The van der Waals surface area contributed by atoms with Gasteiger partial charge >= 0.3 is 0 Å². The molecule has 0 spiro atoms. The van der Waals surface area contributed by atoms with Crippen LogP contribution >= 0.6 is 34.5 Å². The Balaban J connectivity index is 1.60. The van der Waals surface area contributed by atoms with Crippen molar-refractivity contribution >= 4 is 56.3 Å². The van der Waals surface area contributed by atoms with E-state index in [0.717, 1.165) is 33.7 Å². The Hall–Kier alpha value is -2.14. The molecule has 0 bridgehead atoms. The van der Waals surface area contributed by atoms with Crippen molar-refractivity contribution in [2.45, 2.75) is 25.7 Å². The third kappa shape index (κ3) is 3.26. The maximum absolute atomic E-state index is 6.17. The average Bonchev–Trinajstić information content (AvgIpc) is 3.16. The number of hydrogen-bond acceptors (Lipinski definition) is 4. The summed E-state index contributed by atoms with van der Waals surface area (Å²) in [5.74, 6) is 0.775. The zero-order valence-corrected chi connectivity index (χ0v) is 17.3. The highest BCUT2D eigenvalue weighted by Gasteiger charge is 2.16. The van der Waals surface area contributed by atoms with Crippen LogP contribution in [0.3, 0.4) is 0 Å². The first-order valence-electron chi connectivity index (χ1n) is 9.25. The second-order valence-electron chi connectivity index (χ2n) is 7.00. The third-order valence-corrected chi connectivity index (χ3v) is 6.84. The number of hydrogen-bond donors (Lipinski definition) is 1. The van der Waals surface area contributed by atoms with Gasteiger partial charge in [-0.3, -0.25) is 0 Å². The molecule has 2 aromatic carbocycles. The van der Waals surface area contributed by atoms with Gasteiger partial charge in [-0.2, -0.15) is 0 Å². The Labute approximate surface area is 177 Å². The summed E-state index contributed by atoms with van der Waals surface area (Å²) in [6, 6.07) is 12.3. The average molecular weight is 426 g/mol. The fraction of sp³-hybridized carbons (Fsp3) is 0.182. The van der Waals surface area contributed by atoms with Gasteiger partial charge in [0.15, 0.2) is 0 Å². The van der Waals surface area contributed by atoms with Gasteiger partial charge in [-0.1, -0.05) is 41.4 Å². The number of benzene rings is 2. The van der Waals surface area contributed by atoms with Crippen molar-refractivity contribution in [2.75, 3.05) is 5.32 Å². The first-order valence-corrected chi connectivity index (χ1v) is 10.9. The van der Waals surface area contributed by atoms with Crippen molar-refractivity contribution in [1.29, 1.82) is 0 Å². The second kappa shape index (κ2) is 7.36. The van der Waals surface area contributed by atoms with Crippen LogP contribution in [0.1, 0.15) is 24.0 Å². The maximum atomic E-state index is 6.17. The van der Waals surface area contributed by atoms with Crippen molar-refractivity contribution in [3.8, 4) is 11.1 Å². The molecule has 1 aliphatic rings. The maximum Gasteiger partial charge on any atom is 0.143 e. The standard InChI is InChI=1S/C22H17Cl2N3S/c23-18-8-7-16(10-19(18)24)27-21-20-17(11-28-22(20)26-12-25-21)15-6-5-13-3-1-2-4-14(13)9-15/h5-12H,1-4H2,(H,25,26,27). The fourth-order valence-corrected chi connectivity index (χ4v) is 5.01. The molecule has 0 saturated carbocycles. The number of halogens is 2. The molecule has 0 atom stereocenters. The van der Waals surface area contributed by atoms with Gasteiger partial charge in [-0.25, -0.2) is 9.97 Å². The number of nitrogens with zero attached hydrogens (tertiary/aromatic N) is 2. The summed E-state index contributed by atoms with van der Waals surface area (Å²) in [4.78, 5) is 9.94. The van der Waals surface area contributed by atoms with Gasteiger partial charge < -0.3 is 5.32 Å². The van der Waals surface area contributed by atoms with Gasteiger partial charge in [0.2, 0.25) is 0 Å². The minimum atomic E-state index is 0.511. The highest BCUT2D eigenvalue weighted by Crippen LogP contribution is 2.39. The largest absolute Gasteiger partial charge is 0.340 e. The number of rotatable bonds is 3. The van der Waals surface area contributed by atoms with E-state index in [4.69, 9.17) is 23.2 Å². The fourth-order valence-electron chi connectivity index (χ4n) is 3.79. The Morgan fingerprint density at radius 3 is 2.61 bits per heavy atom. The molecule has 140 valence electrons. The monoisotopic (exact) mass is 425 g/mol. The lowest BCUT2D eigenvalue weighted by atomic mass is 9.89. The second-order valence-corrected chi connectivity index (χ2v) is 8.67. The van der Waals surface area contributed by atoms with Crippen LogP contribution in [0, 0.1) is 0 Å². The molecule has 28 heavy (non-hydrogen) atoms. The molecule has 0 fully saturated rings. The third-order valence-electron chi connectivity index (χ3n) is 5.21. The van der Waals surface area contributed by atoms with Crippen LogP contribution in [0.25, 0.3) is 21.3 Å².